The van der Waals surface area contributed by atoms with E-state index in [0.717, 1.165) is 25.2 Å². The molecule has 108 valence electrons. The number of nitrogens with zero attached hydrogens (tertiary/aromatic N) is 2. The molecule has 3 nitrogen and oxygen atoms in total. The van der Waals surface area contributed by atoms with E-state index >= 15 is 0 Å². The molecule has 0 saturated carbocycles. The molecule has 0 saturated heterocycles. The van der Waals surface area contributed by atoms with E-state index in [9.17, 15) is 0 Å². The van der Waals surface area contributed by atoms with Crippen molar-refractivity contribution in [1.29, 1.82) is 0 Å². The average molecular weight is 271 g/mol. The van der Waals surface area contributed by atoms with E-state index in [4.69, 9.17) is 0 Å². The molecule has 0 radical (unpaired) electrons. The summed E-state index contributed by atoms with van der Waals surface area (Å²) in [5.74, 6) is 1.81. The highest BCUT2D eigenvalue weighted by molar-refractivity contribution is 5.18. The van der Waals surface area contributed by atoms with Crippen LogP contribution in [0, 0.1) is 5.92 Å². The Hall–Kier alpha value is -1.61. The van der Waals surface area contributed by atoms with E-state index in [1.54, 1.807) is 0 Å². The van der Waals surface area contributed by atoms with Crippen molar-refractivity contribution in [2.45, 2.75) is 32.7 Å². The third-order valence-corrected chi connectivity index (χ3v) is 3.57. The molecule has 0 aliphatic rings. The summed E-state index contributed by atoms with van der Waals surface area (Å²) >= 11 is 0. The molecule has 1 aromatic carbocycles. The van der Waals surface area contributed by atoms with Crippen LogP contribution in [0.1, 0.15) is 37.7 Å². The number of aryl methyl sites for hydroxylation is 1. The van der Waals surface area contributed by atoms with Gasteiger partial charge in [0.25, 0.3) is 0 Å². The van der Waals surface area contributed by atoms with E-state index in [1.165, 1.54) is 5.56 Å². The van der Waals surface area contributed by atoms with E-state index in [0.29, 0.717) is 12.0 Å². The lowest BCUT2D eigenvalue weighted by Crippen LogP contribution is -2.25. The van der Waals surface area contributed by atoms with E-state index in [-0.39, 0.29) is 0 Å². The number of hydrogen-bond acceptors (Lipinski definition) is 2. The van der Waals surface area contributed by atoms with Crippen LogP contribution in [0.4, 0.5) is 0 Å². The van der Waals surface area contributed by atoms with Crippen LogP contribution in [-0.4, -0.2) is 16.1 Å². The van der Waals surface area contributed by atoms with Gasteiger partial charge in [0.15, 0.2) is 0 Å². The number of aromatic nitrogens is 2. The maximum Gasteiger partial charge on any atom is 0.109 e. The van der Waals surface area contributed by atoms with Crippen LogP contribution in [-0.2, 0) is 13.5 Å². The van der Waals surface area contributed by atoms with Gasteiger partial charge in [0.05, 0.1) is 0 Å². The first kappa shape index (κ1) is 14.8. The van der Waals surface area contributed by atoms with Crippen LogP contribution in [0.2, 0.25) is 0 Å². The van der Waals surface area contributed by atoms with Crippen molar-refractivity contribution < 1.29 is 0 Å². The molecule has 20 heavy (non-hydrogen) atoms. The van der Waals surface area contributed by atoms with Crippen molar-refractivity contribution in [3.05, 3.63) is 54.1 Å². The highest BCUT2D eigenvalue weighted by Gasteiger charge is 2.12. The minimum atomic E-state index is 0.427. The van der Waals surface area contributed by atoms with Crippen molar-refractivity contribution >= 4 is 0 Å². The van der Waals surface area contributed by atoms with Gasteiger partial charge in [0, 0.05) is 38.4 Å². The second kappa shape index (κ2) is 7.25. The van der Waals surface area contributed by atoms with Gasteiger partial charge < -0.3 is 9.88 Å². The highest BCUT2D eigenvalue weighted by atomic mass is 15.0. The Morgan fingerprint density at radius 3 is 2.55 bits per heavy atom. The van der Waals surface area contributed by atoms with Crippen molar-refractivity contribution in [3.8, 4) is 0 Å². The second-order valence-electron chi connectivity index (χ2n) is 5.75. The van der Waals surface area contributed by atoms with Gasteiger partial charge in [0.2, 0.25) is 0 Å². The standard InChI is InChI=1S/C17H25N3/c1-14(2)13-16(15-7-5-4-6-8-15)18-10-9-17-19-11-12-20(17)3/h4-8,11-12,14,16,18H,9-10,13H2,1-3H3. The summed E-state index contributed by atoms with van der Waals surface area (Å²) in [7, 11) is 2.05. The van der Waals surface area contributed by atoms with Crippen LogP contribution in [0.3, 0.4) is 0 Å². The highest BCUT2D eigenvalue weighted by Crippen LogP contribution is 2.20. The normalized spacial score (nSPS) is 12.8. The fourth-order valence-electron chi connectivity index (χ4n) is 2.49. The Bertz CT molecular complexity index is 502. The van der Waals surface area contributed by atoms with Gasteiger partial charge in [-0.25, -0.2) is 4.98 Å². The maximum absolute atomic E-state index is 4.37. The lowest BCUT2D eigenvalue weighted by atomic mass is 9.97. The summed E-state index contributed by atoms with van der Waals surface area (Å²) in [5, 5.41) is 3.68. The van der Waals surface area contributed by atoms with Crippen LogP contribution in [0.5, 0.6) is 0 Å². The monoisotopic (exact) mass is 271 g/mol. The summed E-state index contributed by atoms with van der Waals surface area (Å²) in [4.78, 5) is 4.37. The quantitative estimate of drug-likeness (QED) is 0.837. The Labute approximate surface area is 122 Å². The molecular formula is C17H25N3. The fraction of sp³-hybridized carbons (Fsp3) is 0.471. The van der Waals surface area contributed by atoms with Crippen molar-refractivity contribution in [1.82, 2.24) is 14.9 Å². The molecule has 3 heteroatoms. The van der Waals surface area contributed by atoms with Crippen LogP contribution in [0.15, 0.2) is 42.7 Å². The Balaban J connectivity index is 1.93. The number of rotatable bonds is 7. The zero-order valence-electron chi connectivity index (χ0n) is 12.7. The Morgan fingerprint density at radius 1 is 1.20 bits per heavy atom. The third-order valence-electron chi connectivity index (χ3n) is 3.57. The number of hydrogen-bond donors (Lipinski definition) is 1. The van der Waals surface area contributed by atoms with Crippen molar-refractivity contribution in [2.24, 2.45) is 13.0 Å². The largest absolute Gasteiger partial charge is 0.338 e. The minimum absolute atomic E-state index is 0.427. The summed E-state index contributed by atoms with van der Waals surface area (Å²) in [5.41, 5.74) is 1.38. The van der Waals surface area contributed by atoms with E-state index < -0.39 is 0 Å². The molecule has 0 spiro atoms. The second-order valence-corrected chi connectivity index (χ2v) is 5.75. The van der Waals surface area contributed by atoms with Gasteiger partial charge in [-0.1, -0.05) is 44.2 Å². The summed E-state index contributed by atoms with van der Waals surface area (Å²) in [6, 6.07) is 11.1. The van der Waals surface area contributed by atoms with E-state index in [2.05, 4.69) is 59.0 Å². The number of nitrogens with one attached hydrogen (secondary N) is 1. The minimum Gasteiger partial charge on any atom is -0.338 e. The zero-order valence-corrected chi connectivity index (χ0v) is 12.7. The van der Waals surface area contributed by atoms with Gasteiger partial charge in [0.1, 0.15) is 5.82 Å². The SMILES string of the molecule is CC(C)CC(NCCc1nccn1C)c1ccccc1. The Kier molecular flexibility index (Phi) is 5.36. The van der Waals surface area contributed by atoms with Gasteiger partial charge in [-0.3, -0.25) is 0 Å². The smallest absolute Gasteiger partial charge is 0.109 e. The predicted molar refractivity (Wildman–Crippen MR) is 83.6 cm³/mol. The third kappa shape index (κ3) is 4.20. The molecule has 0 fully saturated rings. The maximum atomic E-state index is 4.37. The molecule has 0 aliphatic heterocycles. The van der Waals surface area contributed by atoms with Crippen LogP contribution < -0.4 is 5.32 Å². The molecule has 1 N–H and O–H groups in total. The van der Waals surface area contributed by atoms with Crippen LogP contribution >= 0.6 is 0 Å². The molecule has 2 rings (SSSR count). The summed E-state index contributed by atoms with van der Waals surface area (Å²) in [6.07, 6.45) is 5.98. The molecule has 1 aromatic heterocycles. The van der Waals surface area contributed by atoms with Gasteiger partial charge in [-0.2, -0.15) is 0 Å². The topological polar surface area (TPSA) is 29.9 Å². The first-order valence-electron chi connectivity index (χ1n) is 7.41. The molecule has 1 unspecified atom stereocenters. The van der Waals surface area contributed by atoms with Gasteiger partial charge in [-0.15, -0.1) is 0 Å². The first-order chi connectivity index (χ1) is 9.66. The first-order valence-corrected chi connectivity index (χ1v) is 7.41. The molecule has 0 aliphatic carbocycles. The van der Waals surface area contributed by atoms with Crippen molar-refractivity contribution in [3.63, 3.8) is 0 Å². The van der Waals surface area contributed by atoms with Crippen molar-refractivity contribution in [2.75, 3.05) is 6.54 Å². The molecule has 1 atom stereocenters. The lowest BCUT2D eigenvalue weighted by molar-refractivity contribution is 0.430. The summed E-state index contributed by atoms with van der Waals surface area (Å²) < 4.78 is 2.08. The van der Waals surface area contributed by atoms with Crippen LogP contribution in [0.25, 0.3) is 0 Å². The number of imidazole rings is 1. The molecule has 2 aromatic rings. The fourth-order valence-corrected chi connectivity index (χ4v) is 2.49. The Morgan fingerprint density at radius 2 is 1.95 bits per heavy atom. The predicted octanol–water partition coefficient (Wildman–Crippen LogP) is 3.34. The van der Waals surface area contributed by atoms with Gasteiger partial charge >= 0.3 is 0 Å². The molecule has 0 bridgehead atoms. The molecule has 0 amide bonds. The average Bonchev–Trinajstić information content (AvgIpc) is 2.84. The molecule has 1 heterocycles. The van der Waals surface area contributed by atoms with E-state index in [1.807, 2.05) is 19.4 Å². The lowest BCUT2D eigenvalue weighted by Gasteiger charge is -2.21. The number of benzene rings is 1. The van der Waals surface area contributed by atoms with Gasteiger partial charge in [-0.05, 0) is 17.9 Å². The molecular weight excluding hydrogens is 246 g/mol. The summed E-state index contributed by atoms with van der Waals surface area (Å²) in [6.45, 7) is 5.50. The zero-order chi connectivity index (χ0) is 14.4.